The lowest BCUT2D eigenvalue weighted by Gasteiger charge is -2.44. The van der Waals surface area contributed by atoms with Gasteiger partial charge < -0.3 is 26.4 Å². The highest BCUT2D eigenvalue weighted by molar-refractivity contribution is 6.02. The summed E-state index contributed by atoms with van der Waals surface area (Å²) < 4.78 is 0. The number of carbonyl (C=O) groups excluding carboxylic acids is 1. The summed E-state index contributed by atoms with van der Waals surface area (Å²) >= 11 is 0. The van der Waals surface area contributed by atoms with Crippen molar-refractivity contribution in [3.8, 4) is 0 Å². The van der Waals surface area contributed by atoms with Gasteiger partial charge in [0.1, 0.15) is 5.82 Å². The van der Waals surface area contributed by atoms with Gasteiger partial charge in [0.05, 0.1) is 23.9 Å². The van der Waals surface area contributed by atoms with E-state index in [-0.39, 0.29) is 18.1 Å². The number of rotatable bonds is 6. The first kappa shape index (κ1) is 22.0. The zero-order valence-electron chi connectivity index (χ0n) is 18.4. The highest BCUT2D eigenvalue weighted by Crippen LogP contribution is 2.31. The molecule has 7 heteroatoms. The van der Waals surface area contributed by atoms with Crippen molar-refractivity contribution in [2.24, 2.45) is 5.73 Å². The predicted molar refractivity (Wildman–Crippen MR) is 124 cm³/mol. The first-order chi connectivity index (χ1) is 15.0. The fraction of sp³-hybridized carbons (Fsp3) is 0.583. The lowest BCUT2D eigenvalue weighted by Crippen LogP contribution is -2.59. The number of piperidine rings is 1. The van der Waals surface area contributed by atoms with Gasteiger partial charge >= 0.3 is 0 Å². The number of aliphatic hydroxyl groups is 1. The Bertz CT molecular complexity index is 902. The third kappa shape index (κ3) is 5.00. The van der Waals surface area contributed by atoms with Gasteiger partial charge in [-0.05, 0) is 44.7 Å². The van der Waals surface area contributed by atoms with Crippen molar-refractivity contribution in [3.63, 3.8) is 0 Å². The van der Waals surface area contributed by atoms with Crippen LogP contribution in [0.4, 0.5) is 5.82 Å². The monoisotopic (exact) mass is 425 g/mol. The molecule has 0 bridgehead atoms. The average molecular weight is 426 g/mol. The smallest absolute Gasteiger partial charge is 0.256 e. The second-order valence-electron chi connectivity index (χ2n) is 9.22. The minimum Gasteiger partial charge on any atom is -0.394 e. The first-order valence-electron chi connectivity index (χ1n) is 11.6. The van der Waals surface area contributed by atoms with Crippen LogP contribution in [0.25, 0.3) is 10.9 Å². The molecule has 1 unspecified atom stereocenters. The van der Waals surface area contributed by atoms with Crippen molar-refractivity contribution in [2.45, 2.75) is 69.6 Å². The Labute approximate surface area is 184 Å². The van der Waals surface area contributed by atoms with E-state index < -0.39 is 6.17 Å². The molecule has 2 aromatic rings. The topological polar surface area (TPSA) is 104 Å². The third-order valence-electron chi connectivity index (χ3n) is 6.75. The molecule has 1 aromatic heterocycles. The second-order valence-corrected chi connectivity index (χ2v) is 9.22. The zero-order chi connectivity index (χ0) is 21.8. The quantitative estimate of drug-likeness (QED) is 0.530. The zero-order valence-corrected chi connectivity index (χ0v) is 18.4. The summed E-state index contributed by atoms with van der Waals surface area (Å²) in [6.45, 7) is 3.37. The highest BCUT2D eigenvalue weighted by Gasteiger charge is 2.37. The second kappa shape index (κ2) is 9.51. The summed E-state index contributed by atoms with van der Waals surface area (Å²) in [5, 5.41) is 17.8. The lowest BCUT2D eigenvalue weighted by molar-refractivity contribution is 0.0940. The first-order valence-corrected chi connectivity index (χ1v) is 11.6. The van der Waals surface area contributed by atoms with Crippen LogP contribution in [-0.2, 0) is 0 Å². The number of fused-ring (bicyclic) bond motifs is 1. The Morgan fingerprint density at radius 2 is 1.97 bits per heavy atom. The number of hydrogen-bond acceptors (Lipinski definition) is 6. The average Bonchev–Trinajstić information content (AvgIpc) is 2.79. The van der Waals surface area contributed by atoms with Crippen LogP contribution < -0.4 is 21.3 Å². The van der Waals surface area contributed by atoms with E-state index in [0.29, 0.717) is 17.4 Å². The number of pyridine rings is 1. The predicted octanol–water partition coefficient (Wildman–Crippen LogP) is 2.52. The molecular formula is C24H35N5O2. The molecule has 31 heavy (non-hydrogen) atoms. The molecule has 1 atom stereocenters. The largest absolute Gasteiger partial charge is 0.394 e. The van der Waals surface area contributed by atoms with Crippen LogP contribution in [0.1, 0.15) is 62.2 Å². The van der Waals surface area contributed by atoms with E-state index in [0.717, 1.165) is 36.8 Å². The molecule has 0 radical (unpaired) electrons. The molecule has 1 aliphatic carbocycles. The van der Waals surface area contributed by atoms with E-state index in [1.165, 1.54) is 32.1 Å². The maximum atomic E-state index is 12.9. The minimum absolute atomic E-state index is 0.139. The van der Waals surface area contributed by atoms with Crippen molar-refractivity contribution < 1.29 is 9.90 Å². The Kier molecular flexibility index (Phi) is 6.74. The number of anilines is 1. The van der Waals surface area contributed by atoms with Crippen molar-refractivity contribution >= 4 is 22.6 Å². The minimum atomic E-state index is -0.435. The van der Waals surface area contributed by atoms with Gasteiger partial charge in [0.15, 0.2) is 0 Å². The molecular weight excluding hydrogens is 390 g/mol. The maximum absolute atomic E-state index is 12.9. The fourth-order valence-electron chi connectivity index (χ4n) is 4.97. The Hall–Kier alpha value is -2.22. The van der Waals surface area contributed by atoms with Gasteiger partial charge in [-0.2, -0.15) is 0 Å². The van der Waals surface area contributed by atoms with Gasteiger partial charge in [-0.1, -0.05) is 37.5 Å². The summed E-state index contributed by atoms with van der Waals surface area (Å²) in [7, 11) is 0. The Morgan fingerprint density at radius 3 is 2.65 bits per heavy atom. The van der Waals surface area contributed by atoms with E-state index in [4.69, 9.17) is 10.7 Å². The number of amides is 1. The number of carbonyl (C=O) groups is 1. The highest BCUT2D eigenvalue weighted by atomic mass is 16.3. The fourth-order valence-corrected chi connectivity index (χ4v) is 4.97. The van der Waals surface area contributed by atoms with Crippen molar-refractivity contribution in [1.29, 1.82) is 0 Å². The number of nitrogens with one attached hydrogen (secondary N) is 2. The maximum Gasteiger partial charge on any atom is 0.256 e. The van der Waals surface area contributed by atoms with Gasteiger partial charge in [-0.15, -0.1) is 0 Å². The summed E-state index contributed by atoms with van der Waals surface area (Å²) in [4.78, 5) is 19.9. The summed E-state index contributed by atoms with van der Waals surface area (Å²) in [5.74, 6) is 0.489. The Morgan fingerprint density at radius 1 is 1.26 bits per heavy atom. The summed E-state index contributed by atoms with van der Waals surface area (Å²) in [5.41, 5.74) is 6.98. The molecule has 168 valence electrons. The molecule has 1 saturated carbocycles. The van der Waals surface area contributed by atoms with E-state index in [9.17, 15) is 9.90 Å². The molecule has 2 aliphatic rings. The van der Waals surface area contributed by atoms with Crippen LogP contribution >= 0.6 is 0 Å². The number of benzene rings is 1. The molecule has 2 heterocycles. The standard InChI is InChI=1S/C24H35N5O2/c1-17(25)26-23(31)20-15-18-7-5-6-10-21(18)27-22(20)29-13-11-24(16-30,12-14-29)28-19-8-3-2-4-9-19/h5-7,10,15,17,19,28,30H,2-4,8-9,11-14,16,25H2,1H3,(H,26,31). The summed E-state index contributed by atoms with van der Waals surface area (Å²) in [6.07, 6.45) is 7.45. The van der Waals surface area contributed by atoms with Crippen LogP contribution in [0.15, 0.2) is 30.3 Å². The number of aliphatic hydroxyl groups excluding tert-OH is 1. The number of nitrogens with two attached hydrogens (primary N) is 1. The normalized spacial score (nSPS) is 20.5. The van der Waals surface area contributed by atoms with Gasteiger partial charge in [0, 0.05) is 30.1 Å². The lowest BCUT2D eigenvalue weighted by atomic mass is 9.85. The van der Waals surface area contributed by atoms with E-state index >= 15 is 0 Å². The molecule has 4 rings (SSSR count). The van der Waals surface area contributed by atoms with Crippen LogP contribution in [0.3, 0.4) is 0 Å². The molecule has 1 saturated heterocycles. The molecule has 0 spiro atoms. The van der Waals surface area contributed by atoms with Crippen LogP contribution in [-0.4, -0.2) is 53.4 Å². The Balaban J connectivity index is 1.56. The summed E-state index contributed by atoms with van der Waals surface area (Å²) in [6, 6.07) is 10.3. The number of nitrogens with zero attached hydrogens (tertiary/aromatic N) is 2. The van der Waals surface area contributed by atoms with Crippen molar-refractivity contribution in [2.75, 3.05) is 24.6 Å². The van der Waals surface area contributed by atoms with Crippen LogP contribution in [0, 0.1) is 0 Å². The SMILES string of the molecule is CC(N)NC(=O)c1cc2ccccc2nc1N1CCC(CO)(NC2CCCCC2)CC1. The van der Waals surface area contributed by atoms with E-state index in [2.05, 4.69) is 15.5 Å². The van der Waals surface area contributed by atoms with E-state index in [1.54, 1.807) is 6.92 Å². The van der Waals surface area contributed by atoms with Gasteiger partial charge in [0.2, 0.25) is 0 Å². The number of aromatic nitrogens is 1. The van der Waals surface area contributed by atoms with E-state index in [1.807, 2.05) is 30.3 Å². The van der Waals surface area contributed by atoms with Crippen LogP contribution in [0.2, 0.25) is 0 Å². The molecule has 1 amide bonds. The third-order valence-corrected chi connectivity index (χ3v) is 6.75. The van der Waals surface area contributed by atoms with Gasteiger partial charge in [0.25, 0.3) is 5.91 Å². The number of para-hydroxylation sites is 1. The molecule has 7 nitrogen and oxygen atoms in total. The van der Waals surface area contributed by atoms with Crippen molar-refractivity contribution in [1.82, 2.24) is 15.6 Å². The van der Waals surface area contributed by atoms with Gasteiger partial charge in [-0.3, -0.25) is 4.79 Å². The van der Waals surface area contributed by atoms with Gasteiger partial charge in [-0.25, -0.2) is 4.98 Å². The molecule has 2 fully saturated rings. The molecule has 5 N–H and O–H groups in total. The molecule has 1 aliphatic heterocycles. The van der Waals surface area contributed by atoms with Crippen LogP contribution in [0.5, 0.6) is 0 Å². The van der Waals surface area contributed by atoms with Crippen molar-refractivity contribution in [3.05, 3.63) is 35.9 Å². The number of hydrogen-bond donors (Lipinski definition) is 4. The molecule has 1 aromatic carbocycles.